The van der Waals surface area contributed by atoms with E-state index in [9.17, 15) is 9.59 Å². The van der Waals surface area contributed by atoms with Gasteiger partial charge in [0.2, 0.25) is 0 Å². The molecule has 1 N–H and O–H groups in total. The van der Waals surface area contributed by atoms with Crippen LogP contribution in [-0.4, -0.2) is 56.7 Å². The smallest absolute Gasteiger partial charge is 0.260 e. The fraction of sp³-hybridized carbons (Fsp3) is 0.364. The lowest BCUT2D eigenvalue weighted by Crippen LogP contribution is -2.47. The third-order valence-electron chi connectivity index (χ3n) is 4.95. The maximum Gasteiger partial charge on any atom is 0.260 e. The fourth-order valence-corrected chi connectivity index (χ4v) is 3.34. The first-order valence-corrected chi connectivity index (χ1v) is 9.60. The van der Waals surface area contributed by atoms with E-state index in [0.717, 1.165) is 0 Å². The summed E-state index contributed by atoms with van der Waals surface area (Å²) in [6.45, 7) is 1.11. The Morgan fingerprint density at radius 2 is 1.52 bits per heavy atom. The molecule has 0 spiro atoms. The fourth-order valence-electron chi connectivity index (χ4n) is 3.34. The molecule has 0 radical (unpaired) electrons. The molecule has 0 saturated carbocycles. The van der Waals surface area contributed by atoms with Gasteiger partial charge in [0.25, 0.3) is 11.8 Å². The molecule has 0 unspecified atom stereocenters. The van der Waals surface area contributed by atoms with Gasteiger partial charge in [-0.15, -0.1) is 0 Å². The highest BCUT2D eigenvalue weighted by atomic mass is 16.5. The molecule has 1 saturated heterocycles. The summed E-state index contributed by atoms with van der Waals surface area (Å²) in [6, 6.07) is 14.4. The van der Waals surface area contributed by atoms with Crippen molar-refractivity contribution in [1.82, 2.24) is 10.2 Å². The van der Waals surface area contributed by atoms with Gasteiger partial charge in [-0.3, -0.25) is 9.59 Å². The Labute approximate surface area is 170 Å². The number of ether oxygens (including phenoxy) is 3. The number of benzene rings is 2. The number of hydrogen-bond acceptors (Lipinski definition) is 5. The Hall–Kier alpha value is -3.22. The SMILES string of the molecule is COc1ccccc1OCC(=O)N1CCC(NC(=O)c2ccccc2OC)CC1. The largest absolute Gasteiger partial charge is 0.496 e. The Morgan fingerprint density at radius 1 is 0.931 bits per heavy atom. The van der Waals surface area contributed by atoms with Gasteiger partial charge in [-0.25, -0.2) is 0 Å². The van der Waals surface area contributed by atoms with Crippen LogP contribution in [0.2, 0.25) is 0 Å². The average Bonchev–Trinajstić information content (AvgIpc) is 2.78. The third kappa shape index (κ3) is 5.19. The lowest BCUT2D eigenvalue weighted by molar-refractivity contribution is -0.134. The normalized spacial score (nSPS) is 14.2. The number of likely N-dealkylation sites (tertiary alicyclic amines) is 1. The van der Waals surface area contributed by atoms with Crippen LogP contribution in [0.3, 0.4) is 0 Å². The molecule has 1 aliphatic rings. The zero-order valence-corrected chi connectivity index (χ0v) is 16.7. The first-order valence-electron chi connectivity index (χ1n) is 9.60. The number of carbonyl (C=O) groups is 2. The lowest BCUT2D eigenvalue weighted by Gasteiger charge is -2.32. The molecule has 2 amide bonds. The summed E-state index contributed by atoms with van der Waals surface area (Å²) in [6.07, 6.45) is 1.39. The number of amides is 2. The molecule has 2 aromatic carbocycles. The second-order valence-electron chi connectivity index (χ2n) is 6.77. The van der Waals surface area contributed by atoms with Gasteiger partial charge in [0.15, 0.2) is 18.1 Å². The van der Waals surface area contributed by atoms with Crippen molar-refractivity contribution in [2.45, 2.75) is 18.9 Å². The van der Waals surface area contributed by atoms with E-state index in [1.54, 1.807) is 49.5 Å². The van der Waals surface area contributed by atoms with Gasteiger partial charge in [-0.2, -0.15) is 0 Å². The summed E-state index contributed by atoms with van der Waals surface area (Å²) in [5, 5.41) is 3.04. The van der Waals surface area contributed by atoms with Gasteiger partial charge in [0, 0.05) is 19.1 Å². The second-order valence-corrected chi connectivity index (χ2v) is 6.77. The summed E-state index contributed by atoms with van der Waals surface area (Å²) in [5.74, 6) is 1.45. The van der Waals surface area contributed by atoms with Crippen molar-refractivity contribution in [2.24, 2.45) is 0 Å². The van der Waals surface area contributed by atoms with Crippen LogP contribution in [0.4, 0.5) is 0 Å². The van der Waals surface area contributed by atoms with Gasteiger partial charge in [-0.1, -0.05) is 24.3 Å². The number of nitrogens with one attached hydrogen (secondary N) is 1. The van der Waals surface area contributed by atoms with Crippen molar-refractivity contribution in [2.75, 3.05) is 33.9 Å². The summed E-state index contributed by atoms with van der Waals surface area (Å²) in [7, 11) is 3.11. The van der Waals surface area contributed by atoms with E-state index in [1.165, 1.54) is 0 Å². The maximum atomic E-state index is 12.5. The Kier molecular flexibility index (Phi) is 6.94. The van der Waals surface area contributed by atoms with Crippen molar-refractivity contribution >= 4 is 11.8 Å². The average molecular weight is 398 g/mol. The van der Waals surface area contributed by atoms with Crippen LogP contribution < -0.4 is 19.5 Å². The molecule has 1 aliphatic heterocycles. The molecular formula is C22H26N2O5. The van der Waals surface area contributed by atoms with Crippen LogP contribution in [0.15, 0.2) is 48.5 Å². The van der Waals surface area contributed by atoms with E-state index in [0.29, 0.717) is 48.7 Å². The molecule has 7 nitrogen and oxygen atoms in total. The summed E-state index contributed by atoms with van der Waals surface area (Å²) in [5.41, 5.74) is 0.513. The van der Waals surface area contributed by atoms with E-state index in [2.05, 4.69) is 5.32 Å². The van der Waals surface area contributed by atoms with Crippen LogP contribution in [0.5, 0.6) is 17.2 Å². The minimum atomic E-state index is -0.160. The van der Waals surface area contributed by atoms with Crippen molar-refractivity contribution in [3.05, 3.63) is 54.1 Å². The van der Waals surface area contributed by atoms with Gasteiger partial charge < -0.3 is 24.4 Å². The molecule has 7 heteroatoms. The molecule has 29 heavy (non-hydrogen) atoms. The molecule has 2 aromatic rings. The first-order chi connectivity index (χ1) is 14.1. The Balaban J connectivity index is 1.47. The molecule has 0 atom stereocenters. The quantitative estimate of drug-likeness (QED) is 0.776. The topological polar surface area (TPSA) is 77.1 Å². The predicted molar refractivity (Wildman–Crippen MR) is 109 cm³/mol. The third-order valence-corrected chi connectivity index (χ3v) is 4.95. The number of methoxy groups -OCH3 is 2. The highest BCUT2D eigenvalue weighted by Gasteiger charge is 2.25. The van der Waals surface area contributed by atoms with Crippen molar-refractivity contribution in [3.63, 3.8) is 0 Å². The molecule has 0 aromatic heterocycles. The first kappa shape index (κ1) is 20.5. The molecule has 0 aliphatic carbocycles. The van der Waals surface area contributed by atoms with Crippen LogP contribution in [0.25, 0.3) is 0 Å². The summed E-state index contributed by atoms with van der Waals surface area (Å²) in [4.78, 5) is 26.8. The van der Waals surface area contributed by atoms with Crippen molar-refractivity contribution in [1.29, 1.82) is 0 Å². The van der Waals surface area contributed by atoms with E-state index in [-0.39, 0.29) is 24.5 Å². The van der Waals surface area contributed by atoms with Gasteiger partial charge >= 0.3 is 0 Å². The van der Waals surface area contributed by atoms with E-state index < -0.39 is 0 Å². The monoisotopic (exact) mass is 398 g/mol. The number of rotatable bonds is 7. The highest BCUT2D eigenvalue weighted by molar-refractivity contribution is 5.97. The highest BCUT2D eigenvalue weighted by Crippen LogP contribution is 2.26. The van der Waals surface area contributed by atoms with Gasteiger partial charge in [-0.05, 0) is 37.1 Å². The lowest BCUT2D eigenvalue weighted by atomic mass is 10.0. The second kappa shape index (κ2) is 9.82. The summed E-state index contributed by atoms with van der Waals surface area (Å²) >= 11 is 0. The Bertz CT molecular complexity index is 847. The zero-order chi connectivity index (χ0) is 20.6. The molecular weight excluding hydrogens is 372 g/mol. The number of piperidine rings is 1. The zero-order valence-electron chi connectivity index (χ0n) is 16.7. The standard InChI is InChI=1S/C22H26N2O5/c1-27-18-8-4-3-7-17(18)22(26)23-16-11-13-24(14-12-16)21(25)15-29-20-10-6-5-9-19(20)28-2/h3-10,16H,11-15H2,1-2H3,(H,23,26). The molecule has 1 fully saturated rings. The van der Waals surface area contributed by atoms with Crippen LogP contribution in [0.1, 0.15) is 23.2 Å². The molecule has 1 heterocycles. The van der Waals surface area contributed by atoms with Crippen molar-refractivity contribution in [3.8, 4) is 17.2 Å². The minimum absolute atomic E-state index is 0.0200. The maximum absolute atomic E-state index is 12.5. The van der Waals surface area contributed by atoms with E-state index in [1.807, 2.05) is 18.2 Å². The van der Waals surface area contributed by atoms with Crippen molar-refractivity contribution < 1.29 is 23.8 Å². The summed E-state index contributed by atoms with van der Waals surface area (Å²) < 4.78 is 16.1. The Morgan fingerprint density at radius 3 is 2.17 bits per heavy atom. The molecule has 3 rings (SSSR count). The van der Waals surface area contributed by atoms with Crippen LogP contribution >= 0.6 is 0 Å². The molecule has 0 bridgehead atoms. The number of hydrogen-bond donors (Lipinski definition) is 1. The van der Waals surface area contributed by atoms with Gasteiger partial charge in [0.05, 0.1) is 19.8 Å². The number of nitrogens with zero attached hydrogens (tertiary/aromatic N) is 1. The van der Waals surface area contributed by atoms with Crippen LogP contribution in [0, 0.1) is 0 Å². The number of carbonyl (C=O) groups excluding carboxylic acids is 2. The van der Waals surface area contributed by atoms with Crippen LogP contribution in [-0.2, 0) is 4.79 Å². The molecule has 154 valence electrons. The minimum Gasteiger partial charge on any atom is -0.496 e. The van der Waals surface area contributed by atoms with Gasteiger partial charge in [0.1, 0.15) is 5.75 Å². The van der Waals surface area contributed by atoms with E-state index >= 15 is 0 Å². The van der Waals surface area contributed by atoms with E-state index in [4.69, 9.17) is 14.2 Å². The predicted octanol–water partition coefficient (Wildman–Crippen LogP) is 2.50. The number of para-hydroxylation sites is 3.